The lowest BCUT2D eigenvalue weighted by molar-refractivity contribution is -0.126. The van der Waals surface area contributed by atoms with Crippen LogP contribution in [0.4, 0.5) is 5.69 Å². The van der Waals surface area contributed by atoms with Gasteiger partial charge in [-0.05, 0) is 40.2 Å². The van der Waals surface area contributed by atoms with Gasteiger partial charge in [-0.25, -0.2) is 4.98 Å². The summed E-state index contributed by atoms with van der Waals surface area (Å²) in [7, 11) is 0. The van der Waals surface area contributed by atoms with Crippen molar-refractivity contribution in [3.8, 4) is 0 Å². The van der Waals surface area contributed by atoms with Gasteiger partial charge in [0.05, 0.1) is 26.8 Å². The van der Waals surface area contributed by atoms with Crippen molar-refractivity contribution in [1.82, 2.24) is 10.3 Å². The van der Waals surface area contributed by atoms with Crippen LogP contribution >= 0.6 is 27.3 Å². The van der Waals surface area contributed by atoms with E-state index in [0.717, 1.165) is 25.4 Å². The molecule has 2 aromatic carbocycles. The number of nitrogens with zero attached hydrogens (tertiary/aromatic N) is 2. The quantitative estimate of drug-likeness (QED) is 0.652. The Morgan fingerprint density at radius 3 is 2.81 bits per heavy atom. The lowest BCUT2D eigenvalue weighted by Crippen LogP contribution is -2.34. The van der Waals surface area contributed by atoms with E-state index < -0.39 is 0 Å². The van der Waals surface area contributed by atoms with E-state index in [0.29, 0.717) is 19.5 Å². The second kappa shape index (κ2) is 7.78. The SMILES string of the molecule is O=C(NCCc1nc2ccccc2s1)C1CC(=O)N(c2ccccc2Br)C1. The zero-order valence-electron chi connectivity index (χ0n) is 14.5. The van der Waals surface area contributed by atoms with Crippen LogP contribution in [-0.4, -0.2) is 29.9 Å². The Morgan fingerprint density at radius 2 is 2.00 bits per heavy atom. The molecule has 0 aliphatic carbocycles. The van der Waals surface area contributed by atoms with Gasteiger partial charge in [-0.3, -0.25) is 9.59 Å². The Bertz CT molecular complexity index is 971. The third-order valence-corrected chi connectivity index (χ3v) is 6.38. The van der Waals surface area contributed by atoms with E-state index in [-0.39, 0.29) is 24.2 Å². The van der Waals surface area contributed by atoms with Crippen LogP contribution in [0, 0.1) is 5.92 Å². The number of hydrogen-bond donors (Lipinski definition) is 1. The van der Waals surface area contributed by atoms with Crippen LogP contribution < -0.4 is 10.2 Å². The first-order chi connectivity index (χ1) is 13.1. The maximum atomic E-state index is 12.5. The number of halogens is 1. The molecule has 1 atom stereocenters. The number of thiazole rings is 1. The van der Waals surface area contributed by atoms with Crippen molar-refractivity contribution in [3.05, 3.63) is 58.0 Å². The number of fused-ring (bicyclic) bond motifs is 1. The van der Waals surface area contributed by atoms with Gasteiger partial charge in [-0.2, -0.15) is 0 Å². The van der Waals surface area contributed by atoms with Crippen LogP contribution in [-0.2, 0) is 16.0 Å². The van der Waals surface area contributed by atoms with Crippen molar-refractivity contribution in [1.29, 1.82) is 0 Å². The van der Waals surface area contributed by atoms with E-state index in [1.54, 1.807) is 16.2 Å². The molecular weight excluding hydrogens is 426 g/mol. The van der Waals surface area contributed by atoms with Crippen molar-refractivity contribution in [3.63, 3.8) is 0 Å². The van der Waals surface area contributed by atoms with Gasteiger partial charge in [0.15, 0.2) is 0 Å². The predicted octanol–water partition coefficient (Wildman–Crippen LogP) is 3.77. The summed E-state index contributed by atoms with van der Waals surface area (Å²) < 4.78 is 2.01. The molecular formula is C20H18BrN3O2S. The van der Waals surface area contributed by atoms with Gasteiger partial charge in [0.2, 0.25) is 11.8 Å². The van der Waals surface area contributed by atoms with E-state index in [4.69, 9.17) is 0 Å². The Balaban J connectivity index is 1.33. The van der Waals surface area contributed by atoms with Crippen LogP contribution in [0.3, 0.4) is 0 Å². The van der Waals surface area contributed by atoms with Crippen molar-refractivity contribution in [2.45, 2.75) is 12.8 Å². The lowest BCUT2D eigenvalue weighted by atomic mass is 10.1. The fraction of sp³-hybridized carbons (Fsp3) is 0.250. The van der Waals surface area contributed by atoms with Crippen LogP contribution in [0.5, 0.6) is 0 Å². The van der Waals surface area contributed by atoms with Gasteiger partial charge >= 0.3 is 0 Å². The minimum absolute atomic E-state index is 0.0202. The summed E-state index contributed by atoms with van der Waals surface area (Å²) in [6.07, 6.45) is 0.938. The molecule has 0 saturated carbocycles. The standard InChI is InChI=1S/C20H18BrN3O2S/c21-14-5-1-3-7-16(14)24-12-13(11-19(24)25)20(26)22-10-9-18-23-15-6-2-4-8-17(15)27-18/h1-8,13H,9-12H2,(H,22,26). The second-order valence-corrected chi connectivity index (χ2v) is 8.44. The molecule has 2 heterocycles. The largest absolute Gasteiger partial charge is 0.355 e. The summed E-state index contributed by atoms with van der Waals surface area (Å²) in [5.41, 5.74) is 1.81. The Morgan fingerprint density at radius 1 is 1.22 bits per heavy atom. The molecule has 1 N–H and O–H groups in total. The van der Waals surface area contributed by atoms with Gasteiger partial charge in [0.25, 0.3) is 0 Å². The second-order valence-electron chi connectivity index (χ2n) is 6.47. The lowest BCUT2D eigenvalue weighted by Gasteiger charge is -2.18. The molecule has 0 bridgehead atoms. The smallest absolute Gasteiger partial charge is 0.227 e. The molecule has 0 spiro atoms. The number of hydrogen-bond acceptors (Lipinski definition) is 4. The summed E-state index contributed by atoms with van der Waals surface area (Å²) in [4.78, 5) is 31.1. The van der Waals surface area contributed by atoms with Crippen molar-refractivity contribution in [2.24, 2.45) is 5.92 Å². The number of rotatable bonds is 5. The minimum atomic E-state index is -0.319. The number of carbonyl (C=O) groups excluding carboxylic acids is 2. The van der Waals surface area contributed by atoms with Gasteiger partial charge in [-0.15, -0.1) is 11.3 Å². The Kier molecular flexibility index (Phi) is 5.22. The van der Waals surface area contributed by atoms with Crippen molar-refractivity contribution < 1.29 is 9.59 Å². The number of carbonyl (C=O) groups is 2. The van der Waals surface area contributed by atoms with Gasteiger partial charge in [-0.1, -0.05) is 24.3 Å². The average Bonchev–Trinajstić information content (AvgIpc) is 3.25. The molecule has 2 amide bonds. The van der Waals surface area contributed by atoms with E-state index in [9.17, 15) is 9.59 Å². The van der Waals surface area contributed by atoms with Gasteiger partial charge < -0.3 is 10.2 Å². The van der Waals surface area contributed by atoms with Crippen molar-refractivity contribution >= 4 is 55.0 Å². The molecule has 5 nitrogen and oxygen atoms in total. The highest BCUT2D eigenvalue weighted by Gasteiger charge is 2.35. The summed E-state index contributed by atoms with van der Waals surface area (Å²) in [5.74, 6) is -0.410. The monoisotopic (exact) mass is 443 g/mol. The number of para-hydroxylation sites is 2. The number of anilines is 1. The third-order valence-electron chi connectivity index (χ3n) is 4.62. The summed E-state index contributed by atoms with van der Waals surface area (Å²) in [5, 5.41) is 3.97. The molecule has 7 heteroatoms. The van der Waals surface area contributed by atoms with Crippen LogP contribution in [0.15, 0.2) is 53.0 Å². The summed E-state index contributed by atoms with van der Waals surface area (Å²) in [6.45, 7) is 0.937. The van der Waals surface area contributed by atoms with Crippen LogP contribution in [0.25, 0.3) is 10.2 Å². The number of nitrogens with one attached hydrogen (secondary N) is 1. The zero-order chi connectivity index (χ0) is 18.8. The first-order valence-electron chi connectivity index (χ1n) is 8.79. The molecule has 4 rings (SSSR count). The predicted molar refractivity (Wildman–Crippen MR) is 111 cm³/mol. The van der Waals surface area contributed by atoms with Crippen molar-refractivity contribution in [2.75, 3.05) is 18.0 Å². The molecule has 0 radical (unpaired) electrons. The molecule has 1 saturated heterocycles. The average molecular weight is 444 g/mol. The zero-order valence-corrected chi connectivity index (χ0v) is 16.9. The normalized spacial score (nSPS) is 16.9. The molecule has 1 unspecified atom stereocenters. The highest BCUT2D eigenvalue weighted by molar-refractivity contribution is 9.10. The molecule has 3 aromatic rings. The van der Waals surface area contributed by atoms with Crippen LogP contribution in [0.1, 0.15) is 11.4 Å². The molecule has 27 heavy (non-hydrogen) atoms. The maximum absolute atomic E-state index is 12.5. The van der Waals surface area contributed by atoms with E-state index >= 15 is 0 Å². The topological polar surface area (TPSA) is 62.3 Å². The third kappa shape index (κ3) is 3.89. The van der Waals surface area contributed by atoms with Gasteiger partial charge in [0, 0.05) is 30.4 Å². The molecule has 138 valence electrons. The Labute approximate surface area is 169 Å². The number of benzene rings is 2. The number of aromatic nitrogens is 1. The van der Waals surface area contributed by atoms with E-state index in [1.165, 1.54) is 0 Å². The van der Waals surface area contributed by atoms with E-state index in [2.05, 4.69) is 32.3 Å². The molecule has 1 fully saturated rings. The molecule has 1 aliphatic heterocycles. The van der Waals surface area contributed by atoms with E-state index in [1.807, 2.05) is 42.5 Å². The number of amides is 2. The first kappa shape index (κ1) is 18.1. The fourth-order valence-corrected chi connectivity index (χ4v) is 4.72. The molecule has 1 aliphatic rings. The maximum Gasteiger partial charge on any atom is 0.227 e. The highest BCUT2D eigenvalue weighted by atomic mass is 79.9. The fourth-order valence-electron chi connectivity index (χ4n) is 3.25. The summed E-state index contributed by atoms with van der Waals surface area (Å²) >= 11 is 5.12. The minimum Gasteiger partial charge on any atom is -0.355 e. The highest BCUT2D eigenvalue weighted by Crippen LogP contribution is 2.31. The molecule has 1 aromatic heterocycles. The van der Waals surface area contributed by atoms with Crippen LogP contribution in [0.2, 0.25) is 0 Å². The summed E-state index contributed by atoms with van der Waals surface area (Å²) in [6, 6.07) is 15.6. The Hall–Kier alpha value is -2.25. The first-order valence-corrected chi connectivity index (χ1v) is 10.4. The van der Waals surface area contributed by atoms with Gasteiger partial charge in [0.1, 0.15) is 0 Å².